The summed E-state index contributed by atoms with van der Waals surface area (Å²) in [5.74, 6) is 0. The number of fused-ring (bicyclic) bond motifs is 4. The number of benzene rings is 2. The van der Waals surface area contributed by atoms with Crippen molar-refractivity contribution in [3.63, 3.8) is 0 Å². The SMILES string of the molecule is O=c1c2c3nc4ccccc4nc3n(Cc3ccccc3Cl)c2ncn1CC1CCCO1. The van der Waals surface area contributed by atoms with Gasteiger partial charge in [0, 0.05) is 11.6 Å². The Labute approximate surface area is 188 Å². The van der Waals surface area contributed by atoms with Crippen LogP contribution in [0.1, 0.15) is 18.4 Å². The van der Waals surface area contributed by atoms with E-state index >= 15 is 0 Å². The normalized spacial score (nSPS) is 16.5. The first-order valence-corrected chi connectivity index (χ1v) is 11.1. The molecule has 1 aliphatic heterocycles. The Bertz CT molecular complexity index is 1530. The fourth-order valence-electron chi connectivity index (χ4n) is 4.42. The molecule has 32 heavy (non-hydrogen) atoms. The van der Waals surface area contributed by atoms with Crippen LogP contribution in [0.15, 0.2) is 59.7 Å². The number of rotatable bonds is 4. The lowest BCUT2D eigenvalue weighted by Crippen LogP contribution is -2.26. The first-order valence-electron chi connectivity index (χ1n) is 10.7. The average molecular weight is 446 g/mol. The number of halogens is 1. The third kappa shape index (κ3) is 3.16. The smallest absolute Gasteiger partial charge is 0.265 e. The number of hydrogen-bond acceptors (Lipinski definition) is 5. The van der Waals surface area contributed by atoms with E-state index in [1.807, 2.05) is 53.1 Å². The lowest BCUT2D eigenvalue weighted by molar-refractivity contribution is 0.0960. The van der Waals surface area contributed by atoms with Gasteiger partial charge in [-0.15, -0.1) is 0 Å². The van der Waals surface area contributed by atoms with Crippen molar-refractivity contribution in [3.8, 4) is 0 Å². The monoisotopic (exact) mass is 445 g/mol. The van der Waals surface area contributed by atoms with E-state index in [2.05, 4.69) is 4.98 Å². The Morgan fingerprint density at radius 1 is 1.03 bits per heavy atom. The van der Waals surface area contributed by atoms with Crippen LogP contribution in [0.3, 0.4) is 0 Å². The highest BCUT2D eigenvalue weighted by molar-refractivity contribution is 6.31. The van der Waals surface area contributed by atoms with Gasteiger partial charge in [-0.05, 0) is 36.6 Å². The predicted octanol–water partition coefficient (Wildman–Crippen LogP) is 4.18. The molecule has 0 N–H and O–H groups in total. The van der Waals surface area contributed by atoms with Crippen LogP contribution in [-0.2, 0) is 17.8 Å². The minimum atomic E-state index is -0.127. The van der Waals surface area contributed by atoms with Gasteiger partial charge in [-0.2, -0.15) is 0 Å². The molecule has 7 nitrogen and oxygen atoms in total. The number of hydrogen-bond donors (Lipinski definition) is 0. The van der Waals surface area contributed by atoms with Crippen molar-refractivity contribution >= 4 is 44.8 Å². The van der Waals surface area contributed by atoms with Gasteiger partial charge in [0.05, 0.1) is 36.6 Å². The second kappa shape index (κ2) is 7.69. The first-order chi connectivity index (χ1) is 15.7. The summed E-state index contributed by atoms with van der Waals surface area (Å²) in [4.78, 5) is 27.9. The molecule has 1 aliphatic rings. The molecule has 2 aromatic carbocycles. The molecule has 3 aromatic heterocycles. The lowest BCUT2D eigenvalue weighted by Gasteiger charge is -2.12. The summed E-state index contributed by atoms with van der Waals surface area (Å²) < 4.78 is 9.30. The molecule has 8 heteroatoms. The van der Waals surface area contributed by atoms with Crippen molar-refractivity contribution in [2.45, 2.75) is 32.0 Å². The van der Waals surface area contributed by atoms with Gasteiger partial charge in [-0.1, -0.05) is 41.9 Å². The molecular weight excluding hydrogens is 426 g/mol. The topological polar surface area (TPSA) is 74.8 Å². The highest BCUT2D eigenvalue weighted by Gasteiger charge is 2.22. The molecule has 0 radical (unpaired) electrons. The van der Waals surface area contributed by atoms with E-state index in [4.69, 9.17) is 26.3 Å². The zero-order valence-corrected chi connectivity index (χ0v) is 18.0. The van der Waals surface area contributed by atoms with Gasteiger partial charge in [0.1, 0.15) is 10.9 Å². The van der Waals surface area contributed by atoms with Gasteiger partial charge < -0.3 is 9.30 Å². The van der Waals surface area contributed by atoms with E-state index in [9.17, 15) is 4.79 Å². The summed E-state index contributed by atoms with van der Waals surface area (Å²) >= 11 is 6.44. The summed E-state index contributed by atoms with van der Waals surface area (Å²) in [5, 5.41) is 1.13. The molecule has 0 spiro atoms. The third-order valence-electron chi connectivity index (χ3n) is 6.03. The van der Waals surface area contributed by atoms with E-state index in [1.54, 1.807) is 10.9 Å². The number of ether oxygens (including phenoxy) is 1. The van der Waals surface area contributed by atoms with Gasteiger partial charge in [-0.25, -0.2) is 15.0 Å². The Morgan fingerprint density at radius 3 is 2.59 bits per heavy atom. The van der Waals surface area contributed by atoms with Crippen LogP contribution >= 0.6 is 11.6 Å². The third-order valence-corrected chi connectivity index (χ3v) is 6.40. The Kier molecular flexibility index (Phi) is 4.66. The molecule has 1 fully saturated rings. The van der Waals surface area contributed by atoms with Crippen LogP contribution in [-0.4, -0.2) is 36.8 Å². The second-order valence-electron chi connectivity index (χ2n) is 8.10. The summed E-state index contributed by atoms with van der Waals surface area (Å²) in [6.45, 7) is 1.67. The van der Waals surface area contributed by atoms with Crippen LogP contribution in [0, 0.1) is 0 Å². The van der Waals surface area contributed by atoms with Crippen molar-refractivity contribution in [3.05, 3.63) is 75.8 Å². The van der Waals surface area contributed by atoms with Gasteiger partial charge in [0.2, 0.25) is 0 Å². The molecule has 0 bridgehead atoms. The largest absolute Gasteiger partial charge is 0.376 e. The zero-order chi connectivity index (χ0) is 21.7. The summed E-state index contributed by atoms with van der Waals surface area (Å²) in [6.07, 6.45) is 3.61. The summed E-state index contributed by atoms with van der Waals surface area (Å²) in [7, 11) is 0. The summed E-state index contributed by atoms with van der Waals surface area (Å²) in [6, 6.07) is 15.3. The number of nitrogens with zero attached hydrogens (tertiary/aromatic N) is 5. The summed E-state index contributed by atoms with van der Waals surface area (Å²) in [5.41, 5.74) is 4.05. The maximum atomic E-state index is 13.6. The van der Waals surface area contributed by atoms with Crippen LogP contribution in [0.2, 0.25) is 5.02 Å². The maximum absolute atomic E-state index is 13.6. The van der Waals surface area contributed by atoms with Crippen molar-refractivity contribution in [1.29, 1.82) is 0 Å². The Balaban J connectivity index is 1.62. The minimum Gasteiger partial charge on any atom is -0.376 e. The van der Waals surface area contributed by atoms with Gasteiger partial charge in [0.25, 0.3) is 5.56 Å². The van der Waals surface area contributed by atoms with Crippen LogP contribution in [0.25, 0.3) is 33.2 Å². The quantitative estimate of drug-likeness (QED) is 0.415. The molecule has 6 rings (SSSR count). The predicted molar refractivity (Wildman–Crippen MR) is 124 cm³/mol. The molecule has 0 aliphatic carbocycles. The number of aromatic nitrogens is 5. The molecular formula is C24H20ClN5O2. The van der Waals surface area contributed by atoms with Crippen molar-refractivity contribution in [1.82, 2.24) is 24.1 Å². The van der Waals surface area contributed by atoms with E-state index in [-0.39, 0.29) is 11.7 Å². The van der Waals surface area contributed by atoms with Crippen LogP contribution in [0.4, 0.5) is 0 Å². The fourth-order valence-corrected chi connectivity index (χ4v) is 4.62. The van der Waals surface area contributed by atoms with Crippen LogP contribution in [0.5, 0.6) is 0 Å². The molecule has 0 amide bonds. The zero-order valence-electron chi connectivity index (χ0n) is 17.2. The minimum absolute atomic E-state index is 0.0374. The Hall–Kier alpha value is -3.29. The van der Waals surface area contributed by atoms with E-state index in [0.29, 0.717) is 40.3 Å². The highest BCUT2D eigenvalue weighted by atomic mass is 35.5. The van der Waals surface area contributed by atoms with Crippen LogP contribution < -0.4 is 5.56 Å². The second-order valence-corrected chi connectivity index (χ2v) is 8.51. The molecule has 160 valence electrons. The molecule has 1 atom stereocenters. The van der Waals surface area contributed by atoms with E-state index < -0.39 is 0 Å². The maximum Gasteiger partial charge on any atom is 0.265 e. The van der Waals surface area contributed by atoms with Crippen molar-refractivity contribution in [2.24, 2.45) is 0 Å². The van der Waals surface area contributed by atoms with E-state index in [1.165, 1.54) is 0 Å². The Morgan fingerprint density at radius 2 is 1.81 bits per heavy atom. The fraction of sp³-hybridized carbons (Fsp3) is 0.250. The van der Waals surface area contributed by atoms with Gasteiger partial charge in [-0.3, -0.25) is 9.36 Å². The first kappa shape index (κ1) is 19.4. The van der Waals surface area contributed by atoms with Crippen molar-refractivity contribution < 1.29 is 4.74 Å². The molecule has 1 unspecified atom stereocenters. The molecule has 0 saturated carbocycles. The average Bonchev–Trinajstić information content (AvgIpc) is 3.42. The molecule has 5 aromatic rings. The number of para-hydroxylation sites is 2. The van der Waals surface area contributed by atoms with E-state index in [0.717, 1.165) is 36.0 Å². The van der Waals surface area contributed by atoms with Gasteiger partial charge >= 0.3 is 0 Å². The highest BCUT2D eigenvalue weighted by Crippen LogP contribution is 2.27. The lowest BCUT2D eigenvalue weighted by atomic mass is 10.2. The molecule has 1 saturated heterocycles. The van der Waals surface area contributed by atoms with Gasteiger partial charge in [0.15, 0.2) is 11.3 Å². The van der Waals surface area contributed by atoms with Crippen molar-refractivity contribution in [2.75, 3.05) is 6.61 Å². The standard InChI is InChI=1S/C24H20ClN5O2/c25-17-8-2-1-6-15(17)12-30-22-20(21-23(30)28-19-10-4-3-9-18(19)27-21)24(31)29(14-26-22)13-16-7-5-11-32-16/h1-4,6,8-10,14,16H,5,7,11-13H2. The molecule has 4 heterocycles.